The molecule has 0 aromatic heterocycles. The van der Waals surface area contributed by atoms with Gasteiger partial charge in [-0.25, -0.2) is 0 Å². The Morgan fingerprint density at radius 2 is 1.60 bits per heavy atom. The second kappa shape index (κ2) is 15.4. The lowest BCUT2D eigenvalue weighted by atomic mass is 9.76. The maximum atomic E-state index is 14.1. The molecule has 2 bridgehead atoms. The lowest BCUT2D eigenvalue weighted by Gasteiger charge is -2.47. The van der Waals surface area contributed by atoms with E-state index in [-0.39, 0.29) is 30.6 Å². The highest BCUT2D eigenvalue weighted by Crippen LogP contribution is 2.47. The number of esters is 1. The van der Waals surface area contributed by atoms with Gasteiger partial charge in [-0.2, -0.15) is 0 Å². The van der Waals surface area contributed by atoms with Gasteiger partial charge in [0.15, 0.2) is 12.6 Å². The molecule has 4 fully saturated rings. The number of aliphatic hydroxyl groups is 3. The zero-order chi connectivity index (χ0) is 35.9. The van der Waals surface area contributed by atoms with Gasteiger partial charge < -0.3 is 53.8 Å². The van der Waals surface area contributed by atoms with Gasteiger partial charge in [-0.3, -0.25) is 4.79 Å². The van der Waals surface area contributed by atoms with Crippen molar-refractivity contribution in [1.29, 1.82) is 0 Å². The van der Waals surface area contributed by atoms with Crippen LogP contribution in [0.1, 0.15) is 101 Å². The third-order valence-electron chi connectivity index (χ3n) is 11.9. The van der Waals surface area contributed by atoms with Crippen LogP contribution in [0.5, 0.6) is 0 Å². The predicted octanol–water partition coefficient (Wildman–Crippen LogP) is 3.31. The molecule has 0 amide bonds. The van der Waals surface area contributed by atoms with Gasteiger partial charge in [0.1, 0.15) is 17.8 Å². The summed E-state index contributed by atoms with van der Waals surface area (Å²) in [5.74, 6) is -2.47. The lowest BCUT2D eigenvalue weighted by Crippen LogP contribution is -2.59. The molecule has 0 saturated carbocycles. The van der Waals surface area contributed by atoms with Crippen LogP contribution < -0.4 is 5.32 Å². The third kappa shape index (κ3) is 8.08. The average Bonchev–Trinajstić information content (AvgIpc) is 3.34. The van der Waals surface area contributed by atoms with Crippen molar-refractivity contribution in [3.05, 3.63) is 0 Å². The number of fused-ring (bicyclic) bond motifs is 2. The molecule has 4 heterocycles. The molecule has 0 aromatic carbocycles. The lowest BCUT2D eigenvalue weighted by molar-refractivity contribution is -0.308. The van der Waals surface area contributed by atoms with E-state index in [9.17, 15) is 20.1 Å². The molecule has 4 aliphatic heterocycles. The zero-order valence-electron chi connectivity index (χ0n) is 31.3. The van der Waals surface area contributed by atoms with Crippen molar-refractivity contribution in [2.24, 2.45) is 23.7 Å². The van der Waals surface area contributed by atoms with Crippen molar-refractivity contribution in [2.45, 2.75) is 186 Å². The van der Waals surface area contributed by atoms with E-state index < -0.39 is 89.7 Å². The summed E-state index contributed by atoms with van der Waals surface area (Å²) in [6.45, 7) is 18.9. The van der Waals surface area contributed by atoms with Gasteiger partial charge in [0.2, 0.25) is 0 Å². The summed E-state index contributed by atoms with van der Waals surface area (Å²) >= 11 is 0. The van der Waals surface area contributed by atoms with Gasteiger partial charge in [-0.05, 0) is 73.8 Å². The Kier molecular flexibility index (Phi) is 12.7. The number of rotatable bonds is 7. The van der Waals surface area contributed by atoms with Gasteiger partial charge in [0.25, 0.3) is 0 Å². The quantitative estimate of drug-likeness (QED) is 0.291. The van der Waals surface area contributed by atoms with E-state index in [0.717, 1.165) is 0 Å². The number of hydrogen-bond donors (Lipinski definition) is 4. The van der Waals surface area contributed by atoms with Crippen LogP contribution in [0.25, 0.3) is 0 Å². The van der Waals surface area contributed by atoms with Gasteiger partial charge in [-0.1, -0.05) is 27.7 Å². The van der Waals surface area contributed by atoms with Gasteiger partial charge in [-0.15, -0.1) is 0 Å². The number of likely N-dealkylation sites (N-methyl/N-ethyl adjacent to an activating group) is 1. The molecule has 0 aliphatic carbocycles. The first-order chi connectivity index (χ1) is 22.3. The Labute approximate surface area is 287 Å². The van der Waals surface area contributed by atoms with Crippen LogP contribution >= 0.6 is 0 Å². The fraction of sp³-hybridized carbons (Fsp3) is 0.972. The Bertz CT molecular complexity index is 1080. The molecular weight excluding hydrogens is 622 g/mol. The van der Waals surface area contributed by atoms with Crippen molar-refractivity contribution in [1.82, 2.24) is 5.32 Å². The number of carbonyl (C=O) groups excluding carboxylic acids is 1. The highest BCUT2D eigenvalue weighted by Gasteiger charge is 2.57. The fourth-order valence-electron chi connectivity index (χ4n) is 9.05. The van der Waals surface area contributed by atoms with E-state index >= 15 is 0 Å². The van der Waals surface area contributed by atoms with E-state index in [1.807, 2.05) is 48.5 Å². The minimum Gasteiger partial charge on any atom is -0.459 e. The number of cyclic esters (lactones) is 1. The first kappa shape index (κ1) is 39.8. The Balaban J connectivity index is 1.82. The largest absolute Gasteiger partial charge is 0.459 e. The van der Waals surface area contributed by atoms with Gasteiger partial charge in [0, 0.05) is 37.8 Å². The highest BCUT2D eigenvalue weighted by atomic mass is 16.7. The van der Waals surface area contributed by atoms with Crippen molar-refractivity contribution in [3.8, 4) is 0 Å². The first-order valence-electron chi connectivity index (χ1n) is 18.1. The molecule has 4 N–H and O–H groups in total. The summed E-state index contributed by atoms with van der Waals surface area (Å²) < 4.78 is 45.0. The Hall–Kier alpha value is -0.930. The molecule has 18 atom stereocenters. The summed E-state index contributed by atoms with van der Waals surface area (Å²) in [5, 5.41) is 38.0. The summed E-state index contributed by atoms with van der Waals surface area (Å²) in [7, 11) is 3.48. The summed E-state index contributed by atoms with van der Waals surface area (Å²) in [6.07, 6.45) is -4.62. The predicted molar refractivity (Wildman–Crippen MR) is 178 cm³/mol. The van der Waals surface area contributed by atoms with Crippen molar-refractivity contribution >= 4 is 5.97 Å². The smallest absolute Gasteiger partial charge is 0.311 e. The van der Waals surface area contributed by atoms with Crippen LogP contribution in [0.3, 0.4) is 0 Å². The summed E-state index contributed by atoms with van der Waals surface area (Å²) in [6, 6.07) is -0.249. The molecule has 0 unspecified atom stereocenters. The number of carbonyl (C=O) groups is 1. The molecule has 12 heteroatoms. The monoisotopic (exact) mass is 687 g/mol. The van der Waals surface area contributed by atoms with Gasteiger partial charge >= 0.3 is 5.97 Å². The second-order valence-corrected chi connectivity index (χ2v) is 16.1. The number of hydrogen-bond acceptors (Lipinski definition) is 12. The molecule has 0 radical (unpaired) electrons. The minimum atomic E-state index is -1.75. The standard InChI is InChI=1S/C36H65NO11/c1-13-25-36(10,41)30(39)21(5)28-18(2)15-35(9,48-28)31(47-33-27(38)24(37-11)14-19(3)44-33)22(6)29(23(7)32(40)45-25)46-26-17-34(8,42-12)16-20(4)43-26/h18-31,33,37-39,41H,13-17H2,1-12H3/t18-,19+,20-,21-,22-,23+,24-,25+,26-,27+,28+,29-,30+,31+,33-,34-,35-,36+/m0/s1. The maximum absolute atomic E-state index is 14.1. The molecule has 0 spiro atoms. The number of aliphatic hydroxyl groups excluding tert-OH is 2. The molecule has 280 valence electrons. The maximum Gasteiger partial charge on any atom is 0.311 e. The van der Waals surface area contributed by atoms with Crippen molar-refractivity contribution in [3.63, 3.8) is 0 Å². The minimum absolute atomic E-state index is 0.0257. The molecular formula is C36H65NO11. The average molecular weight is 688 g/mol. The highest BCUT2D eigenvalue weighted by molar-refractivity contribution is 5.73. The SMILES string of the molecule is CC[C@H]1OC(=O)[C@H](C)[C@@H](O[C@H]2C[C@@](C)(OC)C[C@H](C)O2)[C@H](C)[C@@H](O[C@@H]2O[C@H](C)C[C@H](NC)[C@H]2O)[C@]2(C)C[C@H](C)[C@@H](O2)[C@H](C)[C@@H](O)[C@]1(C)O. The summed E-state index contributed by atoms with van der Waals surface area (Å²) in [5.41, 5.74) is -3.19. The zero-order valence-corrected chi connectivity index (χ0v) is 31.3. The third-order valence-corrected chi connectivity index (χ3v) is 11.9. The molecule has 12 nitrogen and oxygen atoms in total. The van der Waals surface area contributed by atoms with Crippen LogP contribution in [0, 0.1) is 23.7 Å². The fourth-order valence-corrected chi connectivity index (χ4v) is 9.05. The van der Waals surface area contributed by atoms with E-state index in [1.165, 1.54) is 6.92 Å². The van der Waals surface area contributed by atoms with Gasteiger partial charge in [0.05, 0.1) is 53.7 Å². The van der Waals surface area contributed by atoms with Crippen LogP contribution in [-0.4, -0.2) is 120 Å². The number of ether oxygens (including phenoxy) is 7. The molecule has 4 saturated heterocycles. The van der Waals surface area contributed by atoms with Crippen molar-refractivity contribution < 1.29 is 53.3 Å². The number of methoxy groups -OCH3 is 1. The van der Waals surface area contributed by atoms with E-state index in [0.29, 0.717) is 25.7 Å². The molecule has 4 aliphatic rings. The van der Waals surface area contributed by atoms with Crippen LogP contribution in [0.15, 0.2) is 0 Å². The topological polar surface area (TPSA) is 154 Å². The summed E-state index contributed by atoms with van der Waals surface area (Å²) in [4.78, 5) is 14.1. The second-order valence-electron chi connectivity index (χ2n) is 16.1. The van der Waals surface area contributed by atoms with E-state index in [1.54, 1.807) is 21.1 Å². The van der Waals surface area contributed by atoms with Crippen LogP contribution in [-0.2, 0) is 38.0 Å². The molecule has 0 aromatic rings. The Morgan fingerprint density at radius 3 is 2.21 bits per heavy atom. The molecule has 4 rings (SSSR count). The molecule has 48 heavy (non-hydrogen) atoms. The normalized spacial score (nSPS) is 52.6. The van der Waals surface area contributed by atoms with Crippen molar-refractivity contribution in [2.75, 3.05) is 14.2 Å². The Morgan fingerprint density at radius 1 is 0.938 bits per heavy atom. The van der Waals surface area contributed by atoms with E-state index in [4.69, 9.17) is 33.2 Å². The van der Waals surface area contributed by atoms with E-state index in [2.05, 4.69) is 12.2 Å². The first-order valence-corrected chi connectivity index (χ1v) is 18.1. The van der Waals surface area contributed by atoms with Crippen LogP contribution in [0.2, 0.25) is 0 Å². The number of nitrogens with one attached hydrogen (secondary N) is 1. The van der Waals surface area contributed by atoms with Crippen LogP contribution in [0.4, 0.5) is 0 Å².